The van der Waals surface area contributed by atoms with Crippen molar-refractivity contribution in [2.75, 3.05) is 0 Å². The molecule has 0 radical (unpaired) electrons. The van der Waals surface area contributed by atoms with Gasteiger partial charge in [-0.2, -0.15) is 0 Å². The minimum atomic E-state index is 0.757. The molecule has 162 valence electrons. The smallest absolute Gasteiger partial charge is 0.178 e. The van der Waals surface area contributed by atoms with Gasteiger partial charge in [0.1, 0.15) is 11.3 Å². The Kier molecular flexibility index (Phi) is 3.11. The molecule has 0 atom stereocenters. The van der Waals surface area contributed by atoms with Crippen molar-refractivity contribution < 1.29 is 0 Å². The molecule has 4 aromatic heterocycles. The fourth-order valence-electron chi connectivity index (χ4n) is 6.45. The van der Waals surface area contributed by atoms with Crippen molar-refractivity contribution in [1.29, 1.82) is 0 Å². The van der Waals surface area contributed by atoms with Gasteiger partial charge in [0.05, 0.1) is 5.52 Å². The number of hydrogen-bond acceptors (Lipinski definition) is 3. The minimum Gasteiger partial charge on any atom is -0.274 e. The van der Waals surface area contributed by atoms with Crippen LogP contribution in [0.2, 0.25) is 0 Å². The van der Waals surface area contributed by atoms with Crippen LogP contribution < -0.4 is 0 Å². The molecule has 0 unspecified atom stereocenters. The van der Waals surface area contributed by atoms with Crippen LogP contribution in [-0.4, -0.2) is 19.4 Å². The second-order valence-corrected chi connectivity index (χ2v) is 9.69. The van der Waals surface area contributed by atoms with Gasteiger partial charge in [-0.1, -0.05) is 36.4 Å². The van der Waals surface area contributed by atoms with Gasteiger partial charge in [-0.25, -0.2) is 15.0 Å². The highest BCUT2D eigenvalue weighted by Gasteiger charge is 2.28. The van der Waals surface area contributed by atoms with Crippen molar-refractivity contribution in [2.45, 2.75) is 12.8 Å². The summed E-state index contributed by atoms with van der Waals surface area (Å²) in [7, 11) is 0. The quantitative estimate of drug-likeness (QED) is 0.243. The highest BCUT2D eigenvalue weighted by Crippen LogP contribution is 2.48. The lowest BCUT2D eigenvalue weighted by atomic mass is 9.94. The Morgan fingerprint density at radius 3 is 2.43 bits per heavy atom. The highest BCUT2D eigenvalue weighted by molar-refractivity contribution is 6.19. The SMILES string of the molecule is c1ccc2c(c1)Cc1cc3c(cc1-2)Cc1ccc2c4cccnc4n4c5cccnc5nc4c2c1-3. The van der Waals surface area contributed by atoms with Gasteiger partial charge in [0.15, 0.2) is 5.65 Å². The number of pyridine rings is 3. The zero-order chi connectivity index (χ0) is 22.7. The van der Waals surface area contributed by atoms with Gasteiger partial charge in [0, 0.05) is 23.2 Å². The molecule has 4 nitrogen and oxygen atoms in total. The Hall–Kier alpha value is -4.57. The zero-order valence-corrected chi connectivity index (χ0v) is 18.8. The molecule has 9 rings (SSSR count). The number of nitrogens with zero attached hydrogens (tertiary/aromatic N) is 4. The van der Waals surface area contributed by atoms with E-state index in [1.54, 1.807) is 0 Å². The summed E-state index contributed by atoms with van der Waals surface area (Å²) in [5.41, 5.74) is 14.7. The minimum absolute atomic E-state index is 0.757. The van der Waals surface area contributed by atoms with Crippen molar-refractivity contribution in [3.63, 3.8) is 0 Å². The van der Waals surface area contributed by atoms with Crippen molar-refractivity contribution >= 4 is 38.6 Å². The molecule has 7 aromatic rings. The maximum Gasteiger partial charge on any atom is 0.178 e. The van der Waals surface area contributed by atoms with Crippen LogP contribution in [0.15, 0.2) is 85.2 Å². The summed E-state index contributed by atoms with van der Waals surface area (Å²) in [5, 5.41) is 3.55. The topological polar surface area (TPSA) is 43.1 Å². The van der Waals surface area contributed by atoms with Crippen molar-refractivity contribution in [2.24, 2.45) is 0 Å². The standard InChI is InChI=1S/C31H18N4/c1-2-6-21-17(5-1)13-19-16-25-20(15-24(19)21)14-18-9-10-22-23-7-3-12-33-30(23)35-26-8-4-11-32-29(26)34-31(35)28(22)27(18)25/h1-12,15-16H,13-14H2. The van der Waals surface area contributed by atoms with Crippen molar-refractivity contribution in [3.8, 4) is 22.3 Å². The number of hydrogen-bond donors (Lipinski definition) is 0. The van der Waals surface area contributed by atoms with Crippen LogP contribution in [0.4, 0.5) is 0 Å². The van der Waals surface area contributed by atoms with Crippen LogP contribution in [0, 0.1) is 0 Å². The third kappa shape index (κ3) is 2.15. The maximum atomic E-state index is 5.06. The third-order valence-electron chi connectivity index (χ3n) is 7.90. The molecule has 0 bridgehead atoms. The summed E-state index contributed by atoms with van der Waals surface area (Å²) in [6.07, 6.45) is 5.62. The first kappa shape index (κ1) is 17.8. The van der Waals surface area contributed by atoms with Gasteiger partial charge < -0.3 is 0 Å². The Balaban J connectivity index is 1.45. The van der Waals surface area contributed by atoms with E-state index in [1.807, 2.05) is 24.5 Å². The molecule has 0 spiro atoms. The predicted octanol–water partition coefficient (Wildman–Crippen LogP) is 6.73. The van der Waals surface area contributed by atoms with Gasteiger partial charge >= 0.3 is 0 Å². The average molecular weight is 447 g/mol. The molecule has 0 N–H and O–H groups in total. The fourth-order valence-corrected chi connectivity index (χ4v) is 6.45. The summed E-state index contributed by atoms with van der Waals surface area (Å²) in [6.45, 7) is 0. The Morgan fingerprint density at radius 1 is 0.600 bits per heavy atom. The van der Waals surface area contributed by atoms with Gasteiger partial charge in [0.25, 0.3) is 0 Å². The van der Waals surface area contributed by atoms with Crippen LogP contribution in [0.3, 0.4) is 0 Å². The molecule has 0 saturated heterocycles. The molecule has 3 aromatic carbocycles. The molecule has 4 heterocycles. The van der Waals surface area contributed by atoms with E-state index < -0.39 is 0 Å². The molecule has 4 heteroatoms. The second kappa shape index (κ2) is 6.10. The summed E-state index contributed by atoms with van der Waals surface area (Å²) in [6, 6.07) is 26.5. The first-order valence-electron chi connectivity index (χ1n) is 12.0. The van der Waals surface area contributed by atoms with E-state index in [0.29, 0.717) is 0 Å². The summed E-state index contributed by atoms with van der Waals surface area (Å²) >= 11 is 0. The normalized spacial score (nSPS) is 13.5. The molecule has 0 saturated carbocycles. The molecular formula is C31H18N4. The molecule has 0 amide bonds. The van der Waals surface area contributed by atoms with Gasteiger partial charge in [-0.3, -0.25) is 4.40 Å². The van der Waals surface area contributed by atoms with E-state index in [9.17, 15) is 0 Å². The molecular weight excluding hydrogens is 428 g/mol. The fraction of sp³-hybridized carbons (Fsp3) is 0.0645. The lowest BCUT2D eigenvalue weighted by Crippen LogP contribution is -1.96. The van der Waals surface area contributed by atoms with Gasteiger partial charge in [-0.15, -0.1) is 0 Å². The molecule has 0 aliphatic heterocycles. The number of benzene rings is 3. The van der Waals surface area contributed by atoms with Crippen molar-refractivity contribution in [1.82, 2.24) is 19.4 Å². The van der Waals surface area contributed by atoms with E-state index >= 15 is 0 Å². The van der Waals surface area contributed by atoms with Crippen molar-refractivity contribution in [3.05, 3.63) is 107 Å². The van der Waals surface area contributed by atoms with E-state index in [2.05, 4.69) is 70.0 Å². The second-order valence-electron chi connectivity index (χ2n) is 9.69. The largest absolute Gasteiger partial charge is 0.274 e. The first-order chi connectivity index (χ1) is 17.3. The lowest BCUT2D eigenvalue weighted by Gasteiger charge is -2.13. The Morgan fingerprint density at radius 2 is 1.43 bits per heavy atom. The van der Waals surface area contributed by atoms with E-state index in [1.165, 1.54) is 55.3 Å². The Labute approximate surface area is 200 Å². The maximum absolute atomic E-state index is 5.06. The summed E-state index contributed by atoms with van der Waals surface area (Å²) in [5.74, 6) is 0. The molecule has 2 aliphatic carbocycles. The predicted molar refractivity (Wildman–Crippen MR) is 140 cm³/mol. The number of fused-ring (bicyclic) bond motifs is 15. The molecule has 0 fully saturated rings. The van der Waals surface area contributed by atoms with E-state index in [4.69, 9.17) is 9.97 Å². The highest BCUT2D eigenvalue weighted by atomic mass is 15.1. The third-order valence-corrected chi connectivity index (χ3v) is 7.90. The van der Waals surface area contributed by atoms with Crippen LogP contribution >= 0.6 is 0 Å². The first-order valence-corrected chi connectivity index (χ1v) is 12.0. The zero-order valence-electron chi connectivity index (χ0n) is 18.8. The van der Waals surface area contributed by atoms with E-state index in [-0.39, 0.29) is 0 Å². The monoisotopic (exact) mass is 446 g/mol. The number of rotatable bonds is 0. The summed E-state index contributed by atoms with van der Waals surface area (Å²) in [4.78, 5) is 14.4. The number of imidazole rings is 1. The van der Waals surface area contributed by atoms with Crippen LogP contribution in [0.1, 0.15) is 22.3 Å². The molecule has 2 aliphatic rings. The summed E-state index contributed by atoms with van der Waals surface area (Å²) < 4.78 is 2.20. The van der Waals surface area contributed by atoms with Crippen LogP contribution in [0.25, 0.3) is 60.9 Å². The van der Waals surface area contributed by atoms with Crippen LogP contribution in [-0.2, 0) is 12.8 Å². The number of aromatic nitrogens is 4. The van der Waals surface area contributed by atoms with Crippen LogP contribution in [0.5, 0.6) is 0 Å². The Bertz CT molecular complexity index is 2070. The van der Waals surface area contributed by atoms with E-state index in [0.717, 1.165) is 40.7 Å². The average Bonchev–Trinajstić information content (AvgIpc) is 3.58. The van der Waals surface area contributed by atoms with Gasteiger partial charge in [-0.05, 0) is 99.1 Å². The van der Waals surface area contributed by atoms with Gasteiger partial charge in [0.2, 0.25) is 0 Å². The lowest BCUT2D eigenvalue weighted by molar-refractivity contribution is 1.23. The molecule has 35 heavy (non-hydrogen) atoms.